The second-order valence-electron chi connectivity index (χ2n) is 8.71. The first-order chi connectivity index (χ1) is 17.1. The number of ether oxygens (including phenoxy) is 1. The van der Waals surface area contributed by atoms with Gasteiger partial charge in [0.25, 0.3) is 5.91 Å². The van der Waals surface area contributed by atoms with Gasteiger partial charge in [0, 0.05) is 49.7 Å². The first-order valence-electron chi connectivity index (χ1n) is 11.9. The van der Waals surface area contributed by atoms with Crippen molar-refractivity contribution < 1.29 is 14.3 Å². The Hall–Kier alpha value is -3.92. The van der Waals surface area contributed by atoms with Gasteiger partial charge in [0.15, 0.2) is 0 Å². The zero-order valence-corrected chi connectivity index (χ0v) is 19.5. The number of hydrogen-bond acceptors (Lipinski definition) is 7. The van der Waals surface area contributed by atoms with E-state index in [0.717, 1.165) is 30.5 Å². The van der Waals surface area contributed by atoms with Crippen molar-refractivity contribution in [2.45, 2.75) is 18.9 Å². The van der Waals surface area contributed by atoms with E-state index in [0.29, 0.717) is 55.8 Å². The van der Waals surface area contributed by atoms with Crippen molar-refractivity contribution in [3.05, 3.63) is 54.7 Å². The highest BCUT2D eigenvalue weighted by Crippen LogP contribution is 2.25. The van der Waals surface area contributed by atoms with E-state index in [-0.39, 0.29) is 17.9 Å². The van der Waals surface area contributed by atoms with Gasteiger partial charge in [-0.15, -0.1) is 0 Å². The maximum absolute atomic E-state index is 12.7. The van der Waals surface area contributed by atoms with E-state index < -0.39 is 0 Å². The summed E-state index contributed by atoms with van der Waals surface area (Å²) in [4.78, 5) is 40.8. The van der Waals surface area contributed by atoms with Crippen LogP contribution in [0.25, 0.3) is 11.0 Å². The molecule has 0 saturated carbocycles. The summed E-state index contributed by atoms with van der Waals surface area (Å²) >= 11 is 0. The fraction of sp³-hybridized carbons (Fsp3) is 0.360. The van der Waals surface area contributed by atoms with Crippen molar-refractivity contribution >= 4 is 40.3 Å². The molecule has 1 atom stereocenters. The molecule has 10 nitrogen and oxygen atoms in total. The second kappa shape index (κ2) is 10.1. The van der Waals surface area contributed by atoms with E-state index in [1.54, 1.807) is 17.0 Å². The smallest absolute Gasteiger partial charge is 0.254 e. The van der Waals surface area contributed by atoms with Gasteiger partial charge in [-0.2, -0.15) is 9.97 Å². The van der Waals surface area contributed by atoms with Gasteiger partial charge in [0.05, 0.1) is 18.6 Å². The first-order valence-corrected chi connectivity index (χ1v) is 11.9. The molecular weight excluding hydrogens is 446 g/mol. The monoisotopic (exact) mass is 475 g/mol. The van der Waals surface area contributed by atoms with Crippen molar-refractivity contribution in [3.63, 3.8) is 0 Å². The van der Waals surface area contributed by atoms with Crippen LogP contribution in [0.2, 0.25) is 0 Å². The minimum atomic E-state index is -0.0520. The molecule has 4 heterocycles. The lowest BCUT2D eigenvalue weighted by Crippen LogP contribution is -2.44. The molecule has 182 valence electrons. The number of anilines is 3. The molecule has 0 radical (unpaired) electrons. The Kier molecular flexibility index (Phi) is 6.62. The minimum absolute atomic E-state index is 0.00635. The van der Waals surface area contributed by atoms with Crippen LogP contribution in [0, 0.1) is 0 Å². The molecule has 1 aromatic carbocycles. The number of aromatic amines is 1. The lowest BCUT2D eigenvalue weighted by atomic mass is 10.1. The molecule has 2 amide bonds. The number of amides is 2. The topological polar surface area (TPSA) is 115 Å². The van der Waals surface area contributed by atoms with Crippen LogP contribution in [0.1, 0.15) is 23.2 Å². The highest BCUT2D eigenvalue weighted by Gasteiger charge is 2.23. The molecule has 5 rings (SSSR count). The third kappa shape index (κ3) is 5.12. The van der Waals surface area contributed by atoms with Crippen LogP contribution in [-0.4, -0.2) is 82.0 Å². The summed E-state index contributed by atoms with van der Waals surface area (Å²) in [6.07, 6.45) is 5.05. The van der Waals surface area contributed by atoms with Gasteiger partial charge < -0.3 is 30.2 Å². The summed E-state index contributed by atoms with van der Waals surface area (Å²) < 4.78 is 5.33. The van der Waals surface area contributed by atoms with Crippen molar-refractivity contribution in [1.82, 2.24) is 24.8 Å². The fourth-order valence-electron chi connectivity index (χ4n) is 4.50. The molecule has 3 aromatic rings. The predicted octanol–water partition coefficient (Wildman–Crippen LogP) is 2.76. The summed E-state index contributed by atoms with van der Waals surface area (Å²) in [5, 5.41) is 7.63. The number of H-pyrrole nitrogens is 1. The SMILES string of the molecule is C=CC(=O)N1CCCC(Nc2nc(Nc3ccc(C(=O)N4CCOCC4)cc3)nc3[nH]ccc23)C1. The number of carbonyl (C=O) groups excluding carboxylic acids is 2. The Morgan fingerprint density at radius 3 is 2.66 bits per heavy atom. The molecule has 1 unspecified atom stereocenters. The van der Waals surface area contributed by atoms with Gasteiger partial charge in [-0.25, -0.2) is 0 Å². The lowest BCUT2D eigenvalue weighted by molar-refractivity contribution is -0.127. The maximum Gasteiger partial charge on any atom is 0.254 e. The van der Waals surface area contributed by atoms with Gasteiger partial charge in [0.2, 0.25) is 11.9 Å². The molecular formula is C25H29N7O3. The molecule has 2 saturated heterocycles. The van der Waals surface area contributed by atoms with Crippen LogP contribution in [-0.2, 0) is 9.53 Å². The molecule has 10 heteroatoms. The summed E-state index contributed by atoms with van der Waals surface area (Å²) in [5.41, 5.74) is 2.12. The normalized spacial score (nSPS) is 18.3. The Morgan fingerprint density at radius 2 is 1.89 bits per heavy atom. The number of carbonyl (C=O) groups is 2. The van der Waals surface area contributed by atoms with Crippen molar-refractivity contribution in [2.75, 3.05) is 50.0 Å². The van der Waals surface area contributed by atoms with Crippen molar-refractivity contribution in [2.24, 2.45) is 0 Å². The Balaban J connectivity index is 1.31. The number of nitrogens with zero attached hydrogens (tertiary/aromatic N) is 4. The molecule has 2 aliphatic heterocycles. The van der Waals surface area contributed by atoms with Gasteiger partial charge >= 0.3 is 0 Å². The molecule has 2 aromatic heterocycles. The number of aromatic nitrogens is 3. The van der Waals surface area contributed by atoms with Crippen LogP contribution >= 0.6 is 0 Å². The molecule has 3 N–H and O–H groups in total. The van der Waals surface area contributed by atoms with E-state index in [9.17, 15) is 9.59 Å². The third-order valence-corrected chi connectivity index (χ3v) is 6.35. The molecule has 2 fully saturated rings. The Morgan fingerprint density at radius 1 is 1.09 bits per heavy atom. The average molecular weight is 476 g/mol. The highest BCUT2D eigenvalue weighted by atomic mass is 16.5. The standard InChI is InChI=1S/C25H29N7O3/c1-2-21(33)32-11-3-4-19(16-32)27-23-20-9-10-26-22(20)29-25(30-23)28-18-7-5-17(6-8-18)24(34)31-12-14-35-15-13-31/h2,5-10,19H,1,3-4,11-16H2,(H3,26,27,28,29,30). The van der Waals surface area contributed by atoms with Crippen LogP contribution in [0.15, 0.2) is 49.2 Å². The first kappa shape index (κ1) is 22.9. The number of morpholine rings is 1. The van der Waals surface area contributed by atoms with Crippen molar-refractivity contribution in [3.8, 4) is 0 Å². The summed E-state index contributed by atoms with van der Waals surface area (Å²) in [6, 6.07) is 9.33. The van der Waals surface area contributed by atoms with Crippen LogP contribution in [0.4, 0.5) is 17.5 Å². The number of rotatable bonds is 6. The summed E-state index contributed by atoms with van der Waals surface area (Å²) in [7, 11) is 0. The van der Waals surface area contributed by atoms with Gasteiger partial charge in [-0.1, -0.05) is 6.58 Å². The number of likely N-dealkylation sites (tertiary alicyclic amines) is 1. The van der Waals surface area contributed by atoms with E-state index in [4.69, 9.17) is 9.72 Å². The zero-order chi connectivity index (χ0) is 24.2. The van der Waals surface area contributed by atoms with Gasteiger partial charge in [-0.05, 0) is 49.2 Å². The predicted molar refractivity (Wildman–Crippen MR) is 134 cm³/mol. The minimum Gasteiger partial charge on any atom is -0.378 e. The fourth-order valence-corrected chi connectivity index (χ4v) is 4.50. The average Bonchev–Trinajstić information content (AvgIpc) is 3.38. The number of nitrogens with one attached hydrogen (secondary N) is 3. The van der Waals surface area contributed by atoms with E-state index in [2.05, 4.69) is 27.2 Å². The third-order valence-electron chi connectivity index (χ3n) is 6.35. The Bertz CT molecular complexity index is 1220. The molecule has 2 aliphatic rings. The van der Waals surface area contributed by atoms with Gasteiger partial charge in [-0.3, -0.25) is 9.59 Å². The number of fused-ring (bicyclic) bond motifs is 1. The summed E-state index contributed by atoms with van der Waals surface area (Å²) in [5.74, 6) is 1.09. The Labute approximate surface area is 203 Å². The van der Waals surface area contributed by atoms with E-state index >= 15 is 0 Å². The number of hydrogen-bond donors (Lipinski definition) is 3. The number of piperidine rings is 1. The largest absolute Gasteiger partial charge is 0.378 e. The quantitative estimate of drug-likeness (QED) is 0.470. The maximum atomic E-state index is 12.7. The molecule has 0 bridgehead atoms. The summed E-state index contributed by atoms with van der Waals surface area (Å²) in [6.45, 7) is 7.30. The van der Waals surface area contributed by atoms with Crippen molar-refractivity contribution in [1.29, 1.82) is 0 Å². The van der Waals surface area contributed by atoms with E-state index in [1.807, 2.05) is 29.3 Å². The van der Waals surface area contributed by atoms with Crippen LogP contribution < -0.4 is 10.6 Å². The van der Waals surface area contributed by atoms with Crippen LogP contribution in [0.5, 0.6) is 0 Å². The molecule has 0 spiro atoms. The highest BCUT2D eigenvalue weighted by molar-refractivity contribution is 5.95. The zero-order valence-electron chi connectivity index (χ0n) is 19.5. The van der Waals surface area contributed by atoms with Crippen LogP contribution in [0.3, 0.4) is 0 Å². The second-order valence-corrected chi connectivity index (χ2v) is 8.71. The molecule has 0 aliphatic carbocycles. The van der Waals surface area contributed by atoms with Gasteiger partial charge in [0.1, 0.15) is 11.5 Å². The van der Waals surface area contributed by atoms with E-state index in [1.165, 1.54) is 6.08 Å². The molecule has 35 heavy (non-hydrogen) atoms. The number of benzene rings is 1. The lowest BCUT2D eigenvalue weighted by Gasteiger charge is -2.33.